The Labute approximate surface area is 332 Å². The van der Waals surface area contributed by atoms with E-state index in [1.54, 1.807) is 0 Å². The van der Waals surface area contributed by atoms with Crippen molar-refractivity contribution in [2.75, 3.05) is 39.6 Å². The number of benzene rings is 1. The van der Waals surface area contributed by atoms with Gasteiger partial charge in [-0.3, -0.25) is 8.74 Å². The van der Waals surface area contributed by atoms with Crippen molar-refractivity contribution in [3.63, 3.8) is 0 Å². The third-order valence-corrected chi connectivity index (χ3v) is 9.24. The quantitative estimate of drug-likeness (QED) is 0.0471. The van der Waals surface area contributed by atoms with Crippen LogP contribution in [0, 0.1) is 0 Å². The van der Waals surface area contributed by atoms with Gasteiger partial charge in [-0.15, -0.1) is 0 Å². The Hall–Kier alpha value is -0.560. The van der Waals surface area contributed by atoms with Gasteiger partial charge in [0.15, 0.2) is 0 Å². The van der Waals surface area contributed by atoms with Gasteiger partial charge in [0, 0.05) is 37.6 Å². The van der Waals surface area contributed by atoms with Crippen LogP contribution in [0.25, 0.3) is 6.08 Å². The number of ether oxygens (including phenoxy) is 3. The van der Waals surface area contributed by atoms with Gasteiger partial charge in [-0.25, -0.2) is 0 Å². The van der Waals surface area contributed by atoms with Crippen LogP contribution in [-0.4, -0.2) is 54.4 Å². The average molecular weight is 751 g/mol. The van der Waals surface area contributed by atoms with Gasteiger partial charge in [0.05, 0.1) is 19.2 Å². The molecule has 1 aromatic rings. The molecule has 0 spiro atoms. The maximum Gasteiger partial charge on any atom is 1.00 e. The number of aliphatic carboxylic acids is 1. The monoisotopic (exact) mass is 750 g/mol. The first kappa shape index (κ1) is 49.4. The first-order valence-electron chi connectivity index (χ1n) is 19.3. The van der Waals surface area contributed by atoms with E-state index in [4.69, 9.17) is 18.8 Å². The predicted molar refractivity (Wildman–Crippen MR) is 203 cm³/mol. The van der Waals surface area contributed by atoms with Crippen molar-refractivity contribution in [1.82, 2.24) is 0 Å². The summed E-state index contributed by atoms with van der Waals surface area (Å²) in [5.74, 6) is -0.379. The third-order valence-electron chi connectivity index (χ3n) is 8.49. The summed E-state index contributed by atoms with van der Waals surface area (Å²) in [6.07, 6.45) is 31.6. The molecule has 0 bridgehead atoms. The van der Waals surface area contributed by atoms with Gasteiger partial charge < -0.3 is 24.1 Å². The Bertz CT molecular complexity index is 1020. The van der Waals surface area contributed by atoms with Gasteiger partial charge >= 0.3 is 29.6 Å². The molecule has 1 atom stereocenters. The van der Waals surface area contributed by atoms with Gasteiger partial charge in [0.2, 0.25) is 0 Å². The van der Waals surface area contributed by atoms with E-state index in [-0.39, 0.29) is 36.2 Å². The molecular weight excluding hydrogens is 684 g/mol. The number of carbonyl (C=O) groups excluding carboxylic acids is 1. The molecule has 11 heteroatoms. The van der Waals surface area contributed by atoms with Crippen LogP contribution in [0.15, 0.2) is 30.3 Å². The largest absolute Gasteiger partial charge is 1.00 e. The molecule has 1 N–H and O–H groups in total. The minimum absolute atomic E-state index is 0. The second kappa shape index (κ2) is 36.8. The first-order chi connectivity index (χ1) is 23.9. The molecule has 1 unspecified atom stereocenters. The van der Waals surface area contributed by atoms with Crippen molar-refractivity contribution in [2.45, 2.75) is 154 Å². The van der Waals surface area contributed by atoms with Gasteiger partial charge in [0.25, 0.3) is 9.05 Å². The SMILES string of the molecule is O=C([O-])/C=C/c1ccc(OCCCCCCCCCCOCCCCCCCCCCOCCCCCCCCCCOS(=O)(O)=S)cc1.[Na+]. The number of unbranched alkanes of at least 4 members (excludes halogenated alkanes) is 21. The zero-order valence-electron chi connectivity index (χ0n) is 31.3. The minimum Gasteiger partial charge on any atom is -0.545 e. The van der Waals surface area contributed by atoms with Crippen molar-refractivity contribution in [2.24, 2.45) is 0 Å². The molecule has 0 saturated carbocycles. The molecule has 1 rings (SSSR count). The topological polar surface area (TPSA) is 114 Å². The van der Waals surface area contributed by atoms with Crippen LogP contribution >= 0.6 is 0 Å². The molecule has 0 radical (unpaired) electrons. The summed E-state index contributed by atoms with van der Waals surface area (Å²) >= 11 is 4.29. The van der Waals surface area contributed by atoms with Crippen molar-refractivity contribution >= 4 is 32.3 Å². The standard InChI is InChI=1S/C39H68O8S2.Na/c40-39(41)30-27-37-25-28-38(29-26-37)46-35-23-17-11-5-3-9-15-21-33-44-31-19-13-7-1-2-8-14-20-32-45-34-22-16-10-4-6-12-18-24-36-47-49(42,43)48;/h25-30H,1-24,31-36H2,(H,40,41)(H,42,43,48);/q;+1/p-1/b30-27+;. The molecule has 0 aliphatic rings. The van der Waals surface area contributed by atoms with Crippen LogP contribution in [0.5, 0.6) is 5.75 Å². The first-order valence-corrected chi connectivity index (χ1v) is 21.6. The van der Waals surface area contributed by atoms with Crippen molar-refractivity contribution in [3.05, 3.63) is 35.9 Å². The van der Waals surface area contributed by atoms with Crippen molar-refractivity contribution < 1.29 is 66.6 Å². The van der Waals surface area contributed by atoms with Gasteiger partial charge in [0.1, 0.15) is 5.75 Å². The van der Waals surface area contributed by atoms with Gasteiger partial charge in [-0.2, -0.15) is 4.21 Å². The maximum atomic E-state index is 10.8. The van der Waals surface area contributed by atoms with Crippen LogP contribution in [-0.2, 0) is 38.7 Å². The van der Waals surface area contributed by atoms with Crippen LogP contribution in [0.4, 0.5) is 0 Å². The molecular formula is C39H67NaO8S2. The van der Waals surface area contributed by atoms with Gasteiger partial charge in [-0.1, -0.05) is 134 Å². The molecule has 0 heterocycles. The maximum absolute atomic E-state index is 10.8. The second-order valence-electron chi connectivity index (χ2n) is 13.0. The third kappa shape index (κ3) is 37.2. The predicted octanol–water partition coefficient (Wildman–Crippen LogP) is 6.38. The molecule has 50 heavy (non-hydrogen) atoms. The van der Waals surface area contributed by atoms with E-state index in [0.29, 0.717) is 6.61 Å². The Balaban J connectivity index is 0.0000240. The molecule has 0 aliphatic carbocycles. The summed E-state index contributed by atoms with van der Waals surface area (Å²) in [7, 11) is -3.45. The van der Waals surface area contributed by atoms with Crippen LogP contribution in [0.1, 0.15) is 160 Å². The molecule has 0 fully saturated rings. The minimum atomic E-state index is -3.45. The van der Waals surface area contributed by atoms with E-state index >= 15 is 0 Å². The van der Waals surface area contributed by atoms with E-state index in [0.717, 1.165) is 75.9 Å². The number of hydrogen-bond donors (Lipinski definition) is 1. The number of carbonyl (C=O) groups is 1. The fraction of sp³-hybridized carbons (Fsp3) is 0.769. The van der Waals surface area contributed by atoms with Crippen LogP contribution < -0.4 is 39.4 Å². The Morgan fingerprint density at radius 2 is 0.900 bits per heavy atom. The van der Waals surface area contributed by atoms with Crippen LogP contribution in [0.2, 0.25) is 0 Å². The smallest absolute Gasteiger partial charge is 0.545 e. The molecule has 0 amide bonds. The summed E-state index contributed by atoms with van der Waals surface area (Å²) in [4.78, 5) is 10.5. The van der Waals surface area contributed by atoms with E-state index in [9.17, 15) is 14.1 Å². The fourth-order valence-electron chi connectivity index (χ4n) is 5.60. The molecule has 0 aliphatic heterocycles. The zero-order valence-corrected chi connectivity index (χ0v) is 34.9. The van der Waals surface area contributed by atoms with E-state index in [1.807, 2.05) is 24.3 Å². The second-order valence-corrected chi connectivity index (χ2v) is 15.4. The van der Waals surface area contributed by atoms with Gasteiger partial charge in [-0.05, 0) is 62.3 Å². The van der Waals surface area contributed by atoms with E-state index in [1.165, 1.54) is 128 Å². The average Bonchev–Trinajstić information content (AvgIpc) is 3.07. The number of carboxylic acid groups (broad SMARTS) is 1. The Morgan fingerprint density at radius 1 is 0.580 bits per heavy atom. The Morgan fingerprint density at radius 3 is 1.24 bits per heavy atom. The molecule has 284 valence electrons. The molecule has 0 saturated heterocycles. The van der Waals surface area contributed by atoms with Crippen LogP contribution in [0.3, 0.4) is 0 Å². The van der Waals surface area contributed by atoms with E-state index < -0.39 is 15.0 Å². The zero-order chi connectivity index (χ0) is 35.5. The van der Waals surface area contributed by atoms with Crippen molar-refractivity contribution in [3.8, 4) is 5.75 Å². The summed E-state index contributed by atoms with van der Waals surface area (Å²) in [6.45, 7) is 4.58. The normalized spacial score (nSPS) is 12.6. The summed E-state index contributed by atoms with van der Waals surface area (Å²) in [5.41, 5.74) is 0.813. The number of carboxylic acids is 1. The fourth-order valence-corrected chi connectivity index (χ4v) is 6.13. The molecule has 0 aromatic heterocycles. The molecule has 8 nitrogen and oxygen atoms in total. The summed E-state index contributed by atoms with van der Waals surface area (Å²) < 4.78 is 41.8. The molecule has 1 aromatic carbocycles. The van der Waals surface area contributed by atoms with Crippen molar-refractivity contribution in [1.29, 1.82) is 0 Å². The Kier molecular flexibility index (Phi) is 36.4. The van der Waals surface area contributed by atoms with E-state index in [2.05, 4.69) is 15.4 Å². The summed E-state index contributed by atoms with van der Waals surface area (Å²) in [6, 6.07) is 7.41. The summed E-state index contributed by atoms with van der Waals surface area (Å²) in [5, 5.41) is 10.5. The number of rotatable bonds is 37. The number of hydrogen-bond acceptors (Lipinski definition) is 8.